The summed E-state index contributed by atoms with van der Waals surface area (Å²) in [5.41, 5.74) is 0.655. The summed E-state index contributed by atoms with van der Waals surface area (Å²) in [5.74, 6) is 0. The molecule has 1 aromatic rings. The molecule has 6 heteroatoms. The van der Waals surface area contributed by atoms with Crippen molar-refractivity contribution in [3.63, 3.8) is 0 Å². The van der Waals surface area contributed by atoms with E-state index in [0.717, 1.165) is 5.56 Å². The second kappa shape index (κ2) is 4.97. The van der Waals surface area contributed by atoms with Gasteiger partial charge in [0.25, 0.3) is 6.43 Å². The highest BCUT2D eigenvalue weighted by Crippen LogP contribution is 2.28. The lowest BCUT2D eigenvalue weighted by atomic mass is 10.2. The second-order valence-corrected chi connectivity index (χ2v) is 4.69. The van der Waals surface area contributed by atoms with E-state index in [0.29, 0.717) is 13.5 Å². The number of halogens is 5. The minimum absolute atomic E-state index is 0.163. The summed E-state index contributed by atoms with van der Waals surface area (Å²) in [7, 11) is 0. The van der Waals surface area contributed by atoms with E-state index in [9.17, 15) is 8.78 Å². The van der Waals surface area contributed by atoms with E-state index in [1.807, 2.05) is 22.6 Å². The van der Waals surface area contributed by atoms with Crippen molar-refractivity contribution in [2.45, 2.75) is 11.8 Å². The van der Waals surface area contributed by atoms with Crippen molar-refractivity contribution in [2.75, 3.05) is 0 Å². The van der Waals surface area contributed by atoms with Crippen LogP contribution < -0.4 is 0 Å². The van der Waals surface area contributed by atoms with Crippen LogP contribution in [0.5, 0.6) is 0 Å². The monoisotopic (exact) mass is 425 g/mol. The number of hydrogen-bond donors (Lipinski definition) is 0. The van der Waals surface area contributed by atoms with Gasteiger partial charge in [0.2, 0.25) is 0 Å². The topological polar surface area (TPSA) is 12.9 Å². The number of pyridine rings is 1. The third kappa shape index (κ3) is 2.82. The molecular weight excluding hydrogens is 423 g/mol. The molecule has 1 nitrogen and oxygen atoms in total. The van der Waals surface area contributed by atoms with Crippen LogP contribution in [-0.4, -0.2) is 4.98 Å². The summed E-state index contributed by atoms with van der Waals surface area (Å²) in [6, 6.07) is 1.72. The first-order valence-corrected chi connectivity index (χ1v) is 6.24. The van der Waals surface area contributed by atoms with Gasteiger partial charge in [0.05, 0.1) is 0 Å². The molecule has 1 aromatic heterocycles. The molecule has 0 fully saturated rings. The summed E-state index contributed by atoms with van der Waals surface area (Å²) < 4.78 is 25.8. The van der Waals surface area contributed by atoms with Gasteiger partial charge in [-0.2, -0.15) is 0 Å². The molecule has 0 unspecified atom stereocenters. The number of hydrogen-bond acceptors (Lipinski definition) is 1. The van der Waals surface area contributed by atoms with Gasteiger partial charge in [-0.25, -0.2) is 13.8 Å². The zero-order valence-electron chi connectivity index (χ0n) is 6.20. The van der Waals surface area contributed by atoms with Crippen molar-refractivity contribution in [1.29, 1.82) is 0 Å². The van der Waals surface area contributed by atoms with Gasteiger partial charge < -0.3 is 0 Å². The molecule has 0 aliphatic heterocycles. The molecule has 0 atom stereocenters. The van der Waals surface area contributed by atoms with Crippen LogP contribution in [0, 0.1) is 3.57 Å². The maximum atomic E-state index is 12.4. The zero-order valence-corrected chi connectivity index (χ0v) is 11.5. The third-order valence-electron chi connectivity index (χ3n) is 1.38. The first kappa shape index (κ1) is 11.8. The van der Waals surface area contributed by atoms with Gasteiger partial charge in [0, 0.05) is 8.90 Å². The van der Waals surface area contributed by atoms with Gasteiger partial charge >= 0.3 is 0 Å². The Morgan fingerprint density at radius 1 is 1.54 bits per heavy atom. The first-order chi connectivity index (χ1) is 6.06. The number of aromatic nitrogens is 1. The molecule has 0 aromatic carbocycles. The molecule has 0 N–H and O–H groups in total. The molecule has 0 aliphatic rings. The first-order valence-electron chi connectivity index (χ1n) is 3.25. The van der Waals surface area contributed by atoms with Crippen molar-refractivity contribution in [3.05, 3.63) is 25.5 Å². The Hall–Kier alpha value is 0.700. The van der Waals surface area contributed by atoms with Crippen molar-refractivity contribution in [3.8, 4) is 0 Å². The van der Waals surface area contributed by atoms with E-state index in [1.54, 1.807) is 6.07 Å². The van der Waals surface area contributed by atoms with Crippen molar-refractivity contribution in [2.24, 2.45) is 0 Å². The van der Waals surface area contributed by atoms with Crippen LogP contribution in [0.25, 0.3) is 0 Å². The van der Waals surface area contributed by atoms with Gasteiger partial charge in [-0.3, -0.25) is 0 Å². The predicted octanol–water partition coefficient (Wildman–Crippen LogP) is 4.28. The van der Waals surface area contributed by atoms with Crippen LogP contribution in [0.15, 0.2) is 10.7 Å². The summed E-state index contributed by atoms with van der Waals surface area (Å²) >= 11 is 8.19. The largest absolute Gasteiger partial charge is 0.281 e. The number of alkyl halides is 3. The zero-order chi connectivity index (χ0) is 10.0. The Bertz CT molecular complexity index is 320. The molecule has 0 radical (unpaired) electrons. The smallest absolute Gasteiger partial charge is 0.239 e. The van der Waals surface area contributed by atoms with E-state index in [4.69, 9.17) is 0 Å². The fourth-order valence-electron chi connectivity index (χ4n) is 0.810. The SMILES string of the molecule is FC(F)c1nc(Br)cc(CBr)c1I. The molecule has 0 bridgehead atoms. The lowest BCUT2D eigenvalue weighted by Gasteiger charge is -2.07. The Morgan fingerprint density at radius 3 is 2.62 bits per heavy atom. The van der Waals surface area contributed by atoms with E-state index in [2.05, 4.69) is 36.8 Å². The summed E-state index contributed by atoms with van der Waals surface area (Å²) in [6.07, 6.45) is -2.53. The van der Waals surface area contributed by atoms with E-state index < -0.39 is 6.43 Å². The van der Waals surface area contributed by atoms with Gasteiger partial charge in [0.15, 0.2) is 0 Å². The average Bonchev–Trinajstić information content (AvgIpc) is 2.08. The summed E-state index contributed by atoms with van der Waals surface area (Å²) in [5, 5.41) is 0.548. The average molecular weight is 427 g/mol. The third-order valence-corrected chi connectivity index (χ3v) is 3.63. The Balaban J connectivity index is 3.27. The quantitative estimate of drug-likeness (QED) is 0.391. The second-order valence-electron chi connectivity index (χ2n) is 2.24. The van der Waals surface area contributed by atoms with E-state index >= 15 is 0 Å². The highest BCUT2D eigenvalue weighted by molar-refractivity contribution is 14.1. The fraction of sp³-hybridized carbons (Fsp3) is 0.286. The Morgan fingerprint density at radius 2 is 2.15 bits per heavy atom. The molecule has 0 saturated carbocycles. The van der Waals surface area contributed by atoms with Crippen LogP contribution in [-0.2, 0) is 5.33 Å². The summed E-state index contributed by atoms with van der Waals surface area (Å²) in [6.45, 7) is 0. The van der Waals surface area contributed by atoms with Gasteiger partial charge in [-0.1, -0.05) is 15.9 Å². The van der Waals surface area contributed by atoms with Crippen LogP contribution in [0.4, 0.5) is 8.78 Å². The van der Waals surface area contributed by atoms with Crippen molar-refractivity contribution >= 4 is 54.5 Å². The molecule has 1 rings (SSSR count). The Kier molecular flexibility index (Phi) is 4.50. The number of nitrogens with zero attached hydrogens (tertiary/aromatic N) is 1. The maximum Gasteiger partial charge on any atom is 0.281 e. The van der Waals surface area contributed by atoms with Gasteiger partial charge in [0.1, 0.15) is 10.3 Å². The van der Waals surface area contributed by atoms with Crippen LogP contribution >= 0.6 is 54.5 Å². The van der Waals surface area contributed by atoms with Gasteiger partial charge in [-0.15, -0.1) is 0 Å². The number of rotatable bonds is 2. The van der Waals surface area contributed by atoms with Gasteiger partial charge in [-0.05, 0) is 50.2 Å². The molecule has 13 heavy (non-hydrogen) atoms. The van der Waals surface area contributed by atoms with Crippen molar-refractivity contribution in [1.82, 2.24) is 4.98 Å². The van der Waals surface area contributed by atoms with E-state index in [-0.39, 0.29) is 5.69 Å². The maximum absolute atomic E-state index is 12.4. The van der Waals surface area contributed by atoms with Crippen LogP contribution in [0.1, 0.15) is 17.7 Å². The summed E-state index contributed by atoms with van der Waals surface area (Å²) in [4.78, 5) is 3.72. The molecule has 72 valence electrons. The van der Waals surface area contributed by atoms with Crippen molar-refractivity contribution < 1.29 is 8.78 Å². The normalized spacial score (nSPS) is 10.9. The minimum Gasteiger partial charge on any atom is -0.239 e. The predicted molar refractivity (Wildman–Crippen MR) is 62.2 cm³/mol. The minimum atomic E-state index is -2.53. The molecule has 0 saturated heterocycles. The molecular formula is C7H4Br2F2IN. The lowest BCUT2D eigenvalue weighted by molar-refractivity contribution is 0.144. The highest BCUT2D eigenvalue weighted by atomic mass is 127. The molecule has 0 amide bonds. The van der Waals surface area contributed by atoms with E-state index in [1.165, 1.54) is 0 Å². The van der Waals surface area contributed by atoms with Crippen LogP contribution in [0.3, 0.4) is 0 Å². The molecule has 0 spiro atoms. The Labute approximate surface area is 105 Å². The lowest BCUT2D eigenvalue weighted by Crippen LogP contribution is -1.99. The molecule has 1 heterocycles. The van der Waals surface area contributed by atoms with Crippen LogP contribution in [0.2, 0.25) is 0 Å². The molecule has 0 aliphatic carbocycles. The standard InChI is InChI=1S/C7H4Br2F2IN/c8-2-3-1-4(9)13-6(5(3)12)7(10)11/h1,7H,2H2. The fourth-order valence-corrected chi connectivity index (χ4v) is 2.95. The highest BCUT2D eigenvalue weighted by Gasteiger charge is 2.16.